The number of benzene rings is 2. The van der Waals surface area contributed by atoms with Crippen molar-refractivity contribution in [3.63, 3.8) is 0 Å². The molecule has 0 aliphatic carbocycles. The quantitative estimate of drug-likeness (QED) is 0.237. The number of aromatic nitrogens is 1. The van der Waals surface area contributed by atoms with Crippen LogP contribution in [0.25, 0.3) is 11.6 Å². The Morgan fingerprint density at radius 3 is 2.41 bits per heavy atom. The molecule has 2 heterocycles. The Kier molecular flexibility index (Phi) is 8.74. The number of fused-ring (bicyclic) bond motifs is 1. The molecule has 12 heteroatoms. The summed E-state index contributed by atoms with van der Waals surface area (Å²) in [5.74, 6) is -5.97. The third-order valence-electron chi connectivity index (χ3n) is 7.21. The molecule has 218 valence electrons. The lowest BCUT2D eigenvalue weighted by Crippen LogP contribution is -2.35. The monoisotopic (exact) mass is 588 g/mol. The molecule has 4 rings (SSSR count). The summed E-state index contributed by atoms with van der Waals surface area (Å²) >= 11 is 0. The van der Waals surface area contributed by atoms with E-state index < -0.39 is 44.5 Å². The van der Waals surface area contributed by atoms with Crippen LogP contribution in [-0.4, -0.2) is 56.3 Å². The van der Waals surface area contributed by atoms with Gasteiger partial charge in [0.25, 0.3) is 11.8 Å². The number of aromatic amines is 1. The Labute approximate surface area is 236 Å². The van der Waals surface area contributed by atoms with E-state index in [1.54, 1.807) is 13.8 Å². The van der Waals surface area contributed by atoms with Crippen LogP contribution >= 0.6 is 0 Å². The molecule has 2 amide bonds. The summed E-state index contributed by atoms with van der Waals surface area (Å²) in [5.41, 5.74) is 1.99. The largest absolute Gasteiger partial charge is 0.358 e. The fourth-order valence-electron chi connectivity index (χ4n) is 4.84. The van der Waals surface area contributed by atoms with E-state index in [1.807, 2.05) is 13.8 Å². The third-order valence-corrected chi connectivity index (χ3v) is 8.85. The predicted molar refractivity (Wildman–Crippen MR) is 151 cm³/mol. The molecule has 0 atom stereocenters. The Balaban J connectivity index is 1.64. The van der Waals surface area contributed by atoms with Gasteiger partial charge in [0.15, 0.2) is 21.5 Å². The second kappa shape index (κ2) is 11.9. The fraction of sp³-hybridized carbons (Fsp3) is 0.310. The predicted octanol–water partition coefficient (Wildman–Crippen LogP) is 4.59. The molecule has 2 aromatic carbocycles. The van der Waals surface area contributed by atoms with Gasteiger partial charge in [0.1, 0.15) is 5.82 Å². The summed E-state index contributed by atoms with van der Waals surface area (Å²) < 4.78 is 68.1. The van der Waals surface area contributed by atoms with Crippen LogP contribution in [0.5, 0.6) is 0 Å². The number of H-pyrrole nitrogens is 1. The summed E-state index contributed by atoms with van der Waals surface area (Å²) in [5, 5.41) is 5.59. The van der Waals surface area contributed by atoms with Crippen LogP contribution in [0, 0.1) is 31.3 Å². The lowest BCUT2D eigenvalue weighted by atomic mass is 10.0. The van der Waals surface area contributed by atoms with Crippen molar-refractivity contribution in [2.45, 2.75) is 38.3 Å². The molecule has 0 unspecified atom stereocenters. The van der Waals surface area contributed by atoms with Crippen molar-refractivity contribution in [1.82, 2.24) is 15.2 Å². The maximum Gasteiger partial charge on any atom is 0.256 e. The lowest BCUT2D eigenvalue weighted by molar-refractivity contribution is -0.110. The molecule has 1 aliphatic heterocycles. The second-order valence-corrected chi connectivity index (χ2v) is 11.7. The van der Waals surface area contributed by atoms with Crippen molar-refractivity contribution in [1.29, 1.82) is 0 Å². The van der Waals surface area contributed by atoms with Crippen molar-refractivity contribution in [3.8, 4) is 0 Å². The zero-order valence-electron chi connectivity index (χ0n) is 23.1. The average Bonchev–Trinajstić information content (AvgIpc) is 3.40. The summed E-state index contributed by atoms with van der Waals surface area (Å²) in [6.45, 7) is 10.5. The van der Waals surface area contributed by atoms with E-state index in [0.717, 1.165) is 13.1 Å². The standard InChI is InChI=1S/C29H31F3N4O4S/c1-5-36(6-2)12-11-33-29(38)26-16(3)25(34-17(26)4)14-20-19-13-18(7-10-24(19)35-28(20)37)41(39,40)15-21-22(30)8-9-23(31)27(21)32/h7-10,13-14,34H,5-6,11-12,15H2,1-4H3,(H,33,38)(H,35,37). The van der Waals surface area contributed by atoms with Crippen LogP contribution < -0.4 is 10.6 Å². The van der Waals surface area contributed by atoms with Gasteiger partial charge in [-0.3, -0.25) is 9.59 Å². The van der Waals surface area contributed by atoms with Crippen LogP contribution in [0.1, 0.15) is 52.3 Å². The smallest absolute Gasteiger partial charge is 0.256 e. The minimum absolute atomic E-state index is 0.137. The molecule has 0 radical (unpaired) electrons. The van der Waals surface area contributed by atoms with Gasteiger partial charge >= 0.3 is 0 Å². The second-order valence-electron chi connectivity index (χ2n) is 9.75. The van der Waals surface area contributed by atoms with Gasteiger partial charge in [-0.2, -0.15) is 0 Å². The van der Waals surface area contributed by atoms with E-state index >= 15 is 0 Å². The molecule has 41 heavy (non-hydrogen) atoms. The van der Waals surface area contributed by atoms with Crippen molar-refractivity contribution >= 4 is 39.0 Å². The molecular weight excluding hydrogens is 557 g/mol. The number of carbonyl (C=O) groups is 2. The molecule has 0 spiro atoms. The number of sulfone groups is 1. The third kappa shape index (κ3) is 6.08. The van der Waals surface area contributed by atoms with Gasteiger partial charge in [-0.05, 0) is 68.9 Å². The van der Waals surface area contributed by atoms with E-state index in [4.69, 9.17) is 0 Å². The number of hydrogen-bond donors (Lipinski definition) is 3. The normalized spacial score (nSPS) is 14.0. The van der Waals surface area contributed by atoms with Crippen molar-refractivity contribution in [3.05, 3.63) is 81.4 Å². The molecular formula is C29H31F3N4O4S. The van der Waals surface area contributed by atoms with E-state index in [2.05, 4.69) is 20.5 Å². The van der Waals surface area contributed by atoms with Gasteiger partial charge in [0, 0.05) is 41.3 Å². The van der Waals surface area contributed by atoms with Gasteiger partial charge in [-0.15, -0.1) is 0 Å². The number of aryl methyl sites for hydroxylation is 1. The Morgan fingerprint density at radius 2 is 1.73 bits per heavy atom. The molecule has 8 nitrogen and oxygen atoms in total. The van der Waals surface area contributed by atoms with Crippen molar-refractivity contribution < 1.29 is 31.2 Å². The molecule has 3 N–H and O–H groups in total. The highest BCUT2D eigenvalue weighted by atomic mass is 32.2. The number of halogens is 3. The number of nitrogens with one attached hydrogen (secondary N) is 3. The van der Waals surface area contributed by atoms with Crippen LogP contribution in [0.4, 0.5) is 18.9 Å². The van der Waals surface area contributed by atoms with Crippen molar-refractivity contribution in [2.75, 3.05) is 31.5 Å². The highest BCUT2D eigenvalue weighted by Crippen LogP contribution is 2.36. The Hall–Kier alpha value is -3.90. The highest BCUT2D eigenvalue weighted by molar-refractivity contribution is 7.90. The van der Waals surface area contributed by atoms with Gasteiger partial charge in [-0.25, -0.2) is 21.6 Å². The number of rotatable bonds is 10. The maximum atomic E-state index is 14.2. The Bertz CT molecular complexity index is 1660. The van der Waals surface area contributed by atoms with E-state index in [1.165, 1.54) is 24.3 Å². The van der Waals surface area contributed by atoms with Crippen LogP contribution in [-0.2, 0) is 20.4 Å². The number of anilines is 1. The van der Waals surface area contributed by atoms with Crippen molar-refractivity contribution in [2.24, 2.45) is 0 Å². The molecule has 0 saturated carbocycles. The van der Waals surface area contributed by atoms with Gasteiger partial charge in [0.2, 0.25) is 0 Å². The van der Waals surface area contributed by atoms with Gasteiger partial charge < -0.3 is 20.5 Å². The van der Waals surface area contributed by atoms with Gasteiger partial charge in [0.05, 0.1) is 21.8 Å². The first-order chi connectivity index (χ1) is 19.4. The number of amides is 2. The van der Waals surface area contributed by atoms with E-state index in [-0.39, 0.29) is 21.9 Å². The van der Waals surface area contributed by atoms with Crippen LogP contribution in [0.3, 0.4) is 0 Å². The maximum absolute atomic E-state index is 14.2. The number of likely N-dealkylation sites (N-methyl/N-ethyl adjacent to an activating group) is 1. The van der Waals surface area contributed by atoms with E-state index in [9.17, 15) is 31.2 Å². The Morgan fingerprint density at radius 1 is 1.05 bits per heavy atom. The topological polar surface area (TPSA) is 111 Å². The first-order valence-electron chi connectivity index (χ1n) is 13.1. The van der Waals surface area contributed by atoms with Gasteiger partial charge in [-0.1, -0.05) is 13.8 Å². The molecule has 0 saturated heterocycles. The molecule has 1 aromatic heterocycles. The van der Waals surface area contributed by atoms with Crippen LogP contribution in [0.2, 0.25) is 0 Å². The first kappa shape index (κ1) is 30.1. The number of nitrogens with zero attached hydrogens (tertiary/aromatic N) is 1. The molecule has 0 bridgehead atoms. The minimum Gasteiger partial charge on any atom is -0.358 e. The number of carbonyl (C=O) groups excluding carboxylic acids is 2. The number of hydrogen-bond acceptors (Lipinski definition) is 5. The zero-order valence-corrected chi connectivity index (χ0v) is 23.9. The minimum atomic E-state index is -4.33. The summed E-state index contributed by atoms with van der Waals surface area (Å²) in [6.07, 6.45) is 1.53. The first-order valence-corrected chi connectivity index (χ1v) is 14.7. The summed E-state index contributed by atoms with van der Waals surface area (Å²) in [4.78, 5) is 30.8. The fourth-order valence-corrected chi connectivity index (χ4v) is 6.22. The SMILES string of the molecule is CCN(CC)CCNC(=O)c1c(C)[nH]c(C=C2C(=O)Nc3ccc(S(=O)(=O)Cc4c(F)ccc(F)c4F)cc32)c1C. The summed E-state index contributed by atoms with van der Waals surface area (Å²) in [6, 6.07) is 5.05. The summed E-state index contributed by atoms with van der Waals surface area (Å²) in [7, 11) is -4.33. The highest BCUT2D eigenvalue weighted by Gasteiger charge is 2.29. The zero-order chi connectivity index (χ0) is 30.1. The van der Waals surface area contributed by atoms with Crippen LogP contribution in [0.15, 0.2) is 35.2 Å². The molecule has 1 aliphatic rings. The molecule has 0 fully saturated rings. The lowest BCUT2D eigenvalue weighted by Gasteiger charge is -2.18. The average molecular weight is 589 g/mol. The van der Waals surface area contributed by atoms with E-state index in [0.29, 0.717) is 53.4 Å². The molecule has 3 aromatic rings.